The Kier molecular flexibility index (Phi) is 3.88. The quantitative estimate of drug-likeness (QED) is 0.848. The van der Waals surface area contributed by atoms with Crippen molar-refractivity contribution in [1.82, 2.24) is 19.6 Å². The molecule has 0 saturated carbocycles. The van der Waals surface area contributed by atoms with Gasteiger partial charge in [-0.25, -0.2) is 8.78 Å². The number of carbonyl (C=O) groups is 1. The molecule has 0 radical (unpaired) electrons. The van der Waals surface area contributed by atoms with Crippen molar-refractivity contribution in [2.24, 2.45) is 0 Å². The summed E-state index contributed by atoms with van der Waals surface area (Å²) < 4.78 is 27.8. The number of halogens is 2. The zero-order chi connectivity index (χ0) is 16.7. The minimum atomic E-state index is -2.72. The Labute approximate surface area is 142 Å². The number of thiophene rings is 1. The van der Waals surface area contributed by atoms with Gasteiger partial charge in [0.25, 0.3) is 5.92 Å². The van der Waals surface area contributed by atoms with Gasteiger partial charge < -0.3 is 4.90 Å². The molecule has 4 rings (SSSR count). The summed E-state index contributed by atoms with van der Waals surface area (Å²) in [6.07, 6.45) is 1.95. The predicted octanol–water partition coefficient (Wildman–Crippen LogP) is 2.37. The largest absolute Gasteiger partial charge is 0.330 e. The van der Waals surface area contributed by atoms with Crippen molar-refractivity contribution in [3.8, 4) is 0 Å². The highest BCUT2D eigenvalue weighted by molar-refractivity contribution is 7.07. The second kappa shape index (κ2) is 5.93. The Bertz CT molecular complexity index is 722. The van der Waals surface area contributed by atoms with Crippen LogP contribution in [-0.2, 0) is 17.9 Å². The van der Waals surface area contributed by atoms with E-state index in [4.69, 9.17) is 0 Å². The molecule has 4 heterocycles. The number of nitrogens with zero attached hydrogens (tertiary/aromatic N) is 4. The zero-order valence-corrected chi connectivity index (χ0v) is 13.9. The van der Waals surface area contributed by atoms with Crippen LogP contribution in [0.25, 0.3) is 0 Å². The Balaban J connectivity index is 1.44. The highest BCUT2D eigenvalue weighted by Crippen LogP contribution is 2.30. The molecule has 2 aromatic rings. The van der Waals surface area contributed by atoms with E-state index >= 15 is 0 Å². The molecule has 1 fully saturated rings. The van der Waals surface area contributed by atoms with E-state index in [9.17, 15) is 13.6 Å². The Morgan fingerprint density at radius 1 is 1.38 bits per heavy atom. The van der Waals surface area contributed by atoms with E-state index in [1.54, 1.807) is 17.5 Å². The molecule has 2 aromatic heterocycles. The molecule has 0 N–H and O–H groups in total. The molecule has 0 aromatic carbocycles. The number of rotatable bonds is 4. The minimum Gasteiger partial charge on any atom is -0.330 e. The second-order valence-corrected chi connectivity index (χ2v) is 7.31. The van der Waals surface area contributed by atoms with Gasteiger partial charge in [0.15, 0.2) is 0 Å². The van der Waals surface area contributed by atoms with E-state index in [2.05, 4.69) is 26.8 Å². The molecule has 8 heteroatoms. The number of hydrogen-bond donors (Lipinski definition) is 0. The van der Waals surface area contributed by atoms with E-state index in [1.165, 1.54) is 10.5 Å². The Hall–Kier alpha value is -1.80. The van der Waals surface area contributed by atoms with Crippen LogP contribution < -0.4 is 0 Å². The molecular formula is C16H18F2N4OS. The van der Waals surface area contributed by atoms with Gasteiger partial charge in [-0.15, -0.1) is 0 Å². The Morgan fingerprint density at radius 2 is 2.21 bits per heavy atom. The number of amides is 1. The SMILES string of the molecule is O=C(C[C@H]1CN(Cc2ccsc2)Cc2ccnn21)N1CC(F)(F)C1. The van der Waals surface area contributed by atoms with Gasteiger partial charge in [-0.1, -0.05) is 0 Å². The third-order valence-electron chi connectivity index (χ3n) is 4.55. The summed E-state index contributed by atoms with van der Waals surface area (Å²) >= 11 is 1.67. The number of alkyl halides is 2. The van der Waals surface area contributed by atoms with Gasteiger partial charge in [-0.3, -0.25) is 14.4 Å². The maximum absolute atomic E-state index is 13.0. The highest BCUT2D eigenvalue weighted by Gasteiger charge is 2.46. The second-order valence-electron chi connectivity index (χ2n) is 6.53. The summed E-state index contributed by atoms with van der Waals surface area (Å²) in [5.41, 5.74) is 2.31. The monoisotopic (exact) mass is 352 g/mol. The average molecular weight is 352 g/mol. The maximum atomic E-state index is 13.0. The lowest BCUT2D eigenvalue weighted by Crippen LogP contribution is -2.58. The molecule has 0 bridgehead atoms. The zero-order valence-electron chi connectivity index (χ0n) is 13.1. The van der Waals surface area contributed by atoms with E-state index in [0.717, 1.165) is 18.8 Å². The number of likely N-dealkylation sites (tertiary alicyclic amines) is 1. The van der Waals surface area contributed by atoms with Crippen LogP contribution in [0, 0.1) is 0 Å². The molecule has 2 aliphatic heterocycles. The molecule has 0 unspecified atom stereocenters. The normalized spacial score (nSPS) is 22.9. The first-order chi connectivity index (χ1) is 11.5. The fourth-order valence-electron chi connectivity index (χ4n) is 3.40. The van der Waals surface area contributed by atoms with E-state index in [0.29, 0.717) is 6.54 Å². The summed E-state index contributed by atoms with van der Waals surface area (Å²) in [7, 11) is 0. The number of carbonyl (C=O) groups excluding carboxylic acids is 1. The van der Waals surface area contributed by atoms with E-state index in [1.807, 2.05) is 10.7 Å². The summed E-state index contributed by atoms with van der Waals surface area (Å²) in [5.74, 6) is -2.94. The van der Waals surface area contributed by atoms with Gasteiger partial charge in [0.05, 0.1) is 31.2 Å². The van der Waals surface area contributed by atoms with Crippen molar-refractivity contribution in [2.45, 2.75) is 31.5 Å². The van der Waals surface area contributed by atoms with Crippen molar-refractivity contribution in [1.29, 1.82) is 0 Å². The van der Waals surface area contributed by atoms with Crippen LogP contribution in [-0.4, -0.2) is 51.0 Å². The van der Waals surface area contributed by atoms with Crippen molar-refractivity contribution < 1.29 is 13.6 Å². The molecule has 1 amide bonds. The molecule has 1 atom stereocenters. The summed E-state index contributed by atoms with van der Waals surface area (Å²) in [6, 6.07) is 3.94. The van der Waals surface area contributed by atoms with Crippen LogP contribution in [0.15, 0.2) is 29.1 Å². The van der Waals surface area contributed by atoms with E-state index < -0.39 is 19.0 Å². The smallest absolute Gasteiger partial charge is 0.282 e. The van der Waals surface area contributed by atoms with Crippen LogP contribution in [0.4, 0.5) is 8.78 Å². The predicted molar refractivity (Wildman–Crippen MR) is 85.8 cm³/mol. The van der Waals surface area contributed by atoms with Gasteiger partial charge in [-0.2, -0.15) is 16.4 Å². The van der Waals surface area contributed by atoms with Crippen LogP contribution in [0.1, 0.15) is 23.7 Å². The molecule has 1 saturated heterocycles. The minimum absolute atomic E-state index is 0.107. The van der Waals surface area contributed by atoms with Crippen molar-refractivity contribution in [2.75, 3.05) is 19.6 Å². The van der Waals surface area contributed by atoms with Crippen LogP contribution in [0.3, 0.4) is 0 Å². The molecule has 0 aliphatic carbocycles. The topological polar surface area (TPSA) is 41.4 Å². The van der Waals surface area contributed by atoms with Crippen molar-refractivity contribution in [3.63, 3.8) is 0 Å². The Morgan fingerprint density at radius 3 is 2.92 bits per heavy atom. The lowest BCUT2D eigenvalue weighted by atomic mass is 10.1. The lowest BCUT2D eigenvalue weighted by Gasteiger charge is -2.40. The summed E-state index contributed by atoms with van der Waals surface area (Å²) in [5, 5.41) is 8.50. The van der Waals surface area contributed by atoms with Gasteiger partial charge in [0, 0.05) is 25.8 Å². The third kappa shape index (κ3) is 3.08. The lowest BCUT2D eigenvalue weighted by molar-refractivity contribution is -0.166. The van der Waals surface area contributed by atoms with Gasteiger partial charge in [0.1, 0.15) is 0 Å². The van der Waals surface area contributed by atoms with Crippen LogP contribution in [0.2, 0.25) is 0 Å². The van der Waals surface area contributed by atoms with Crippen molar-refractivity contribution in [3.05, 3.63) is 40.3 Å². The molecule has 2 aliphatic rings. The summed E-state index contributed by atoms with van der Waals surface area (Å²) in [6.45, 7) is 1.39. The van der Waals surface area contributed by atoms with Gasteiger partial charge in [0.2, 0.25) is 5.91 Å². The van der Waals surface area contributed by atoms with Crippen molar-refractivity contribution >= 4 is 17.2 Å². The van der Waals surface area contributed by atoms with Crippen LogP contribution in [0.5, 0.6) is 0 Å². The van der Waals surface area contributed by atoms with Gasteiger partial charge >= 0.3 is 0 Å². The molecular weight excluding hydrogens is 334 g/mol. The van der Waals surface area contributed by atoms with Gasteiger partial charge in [-0.05, 0) is 28.5 Å². The average Bonchev–Trinajstić information content (AvgIpc) is 3.15. The summed E-state index contributed by atoms with van der Waals surface area (Å²) in [4.78, 5) is 15.8. The number of fused-ring (bicyclic) bond motifs is 1. The van der Waals surface area contributed by atoms with E-state index in [-0.39, 0.29) is 18.4 Å². The first-order valence-electron chi connectivity index (χ1n) is 7.92. The maximum Gasteiger partial charge on any atom is 0.282 e. The standard InChI is InChI=1S/C16H18F2N4OS/c17-16(18)10-21(11-16)15(23)5-14-8-20(6-12-2-4-24-9-12)7-13-1-3-19-22(13)14/h1-4,9,14H,5-8,10-11H2/t14-/m0/s1. The first-order valence-corrected chi connectivity index (χ1v) is 8.86. The number of hydrogen-bond acceptors (Lipinski definition) is 4. The molecule has 128 valence electrons. The fraction of sp³-hybridized carbons (Fsp3) is 0.500. The van der Waals surface area contributed by atoms with Crippen LogP contribution >= 0.6 is 11.3 Å². The molecule has 24 heavy (non-hydrogen) atoms. The number of aromatic nitrogens is 2. The molecule has 0 spiro atoms. The molecule has 5 nitrogen and oxygen atoms in total. The fourth-order valence-corrected chi connectivity index (χ4v) is 4.06. The highest BCUT2D eigenvalue weighted by atomic mass is 32.1. The first kappa shape index (κ1) is 15.7. The third-order valence-corrected chi connectivity index (χ3v) is 5.28.